The van der Waals surface area contributed by atoms with Gasteiger partial charge in [-0.15, -0.1) is 0 Å². The van der Waals surface area contributed by atoms with Crippen LogP contribution in [0.5, 0.6) is 0 Å². The number of fused-ring (bicyclic) bond motifs is 1. The molecule has 3 aromatic rings. The summed E-state index contributed by atoms with van der Waals surface area (Å²) in [4.78, 5) is 40.9. The van der Waals surface area contributed by atoms with Crippen LogP contribution in [0.4, 0.5) is 0 Å². The number of aryl methyl sites for hydroxylation is 1. The fraction of sp³-hybridized carbons (Fsp3) is 0.273. The first-order chi connectivity index (χ1) is 14.3. The molecule has 0 saturated heterocycles. The maximum Gasteiger partial charge on any atom is 0.306 e. The SMILES string of the molecule is CC(NC(=O)COC(=O)CCc1nc2ccccc2c(=O)n1C)c1ccc(Cl)cc1. The van der Waals surface area contributed by atoms with Gasteiger partial charge in [-0.2, -0.15) is 0 Å². The molecular formula is C22H22ClN3O4. The van der Waals surface area contributed by atoms with Crippen molar-refractivity contribution in [3.63, 3.8) is 0 Å². The van der Waals surface area contributed by atoms with Crippen LogP contribution < -0.4 is 10.9 Å². The number of esters is 1. The molecule has 0 aliphatic carbocycles. The lowest BCUT2D eigenvalue weighted by atomic mass is 10.1. The number of nitrogens with one attached hydrogen (secondary N) is 1. The summed E-state index contributed by atoms with van der Waals surface area (Å²) in [6, 6.07) is 13.9. The summed E-state index contributed by atoms with van der Waals surface area (Å²) in [5.74, 6) is -0.454. The summed E-state index contributed by atoms with van der Waals surface area (Å²) < 4.78 is 6.48. The molecule has 0 bridgehead atoms. The number of rotatable bonds is 7. The van der Waals surface area contributed by atoms with E-state index in [4.69, 9.17) is 16.3 Å². The Labute approximate surface area is 178 Å². The van der Waals surface area contributed by atoms with Gasteiger partial charge in [-0.1, -0.05) is 35.9 Å². The van der Waals surface area contributed by atoms with Crippen LogP contribution in [0, 0.1) is 0 Å². The number of ether oxygens (including phenoxy) is 1. The number of nitrogens with zero attached hydrogens (tertiary/aromatic N) is 2. The Hall–Kier alpha value is -3.19. The molecule has 0 aliphatic rings. The molecule has 1 atom stereocenters. The van der Waals surface area contributed by atoms with Gasteiger partial charge in [-0.05, 0) is 36.8 Å². The maximum atomic E-state index is 12.4. The van der Waals surface area contributed by atoms with E-state index in [1.54, 1.807) is 43.4 Å². The summed E-state index contributed by atoms with van der Waals surface area (Å²) in [6.45, 7) is 1.45. The van der Waals surface area contributed by atoms with Crippen molar-refractivity contribution in [1.29, 1.82) is 0 Å². The largest absolute Gasteiger partial charge is 0.456 e. The van der Waals surface area contributed by atoms with Crippen LogP contribution in [0.1, 0.15) is 30.8 Å². The van der Waals surface area contributed by atoms with Gasteiger partial charge < -0.3 is 10.1 Å². The number of hydrogen-bond acceptors (Lipinski definition) is 5. The summed E-state index contributed by atoms with van der Waals surface area (Å²) in [6.07, 6.45) is 0.247. The number of benzene rings is 2. The summed E-state index contributed by atoms with van der Waals surface area (Å²) >= 11 is 5.86. The molecule has 8 heteroatoms. The standard InChI is InChI=1S/C22H22ClN3O4/c1-14(15-7-9-16(23)10-8-15)24-20(27)13-30-21(28)12-11-19-25-18-6-4-3-5-17(18)22(29)26(19)2/h3-10,14H,11-13H2,1-2H3,(H,24,27). The smallest absolute Gasteiger partial charge is 0.306 e. The zero-order valence-electron chi connectivity index (χ0n) is 16.7. The molecule has 1 amide bonds. The Morgan fingerprint density at radius 2 is 1.87 bits per heavy atom. The molecule has 1 heterocycles. The van der Waals surface area contributed by atoms with Crippen LogP contribution in [0.3, 0.4) is 0 Å². The molecule has 1 aromatic heterocycles. The van der Waals surface area contributed by atoms with Crippen molar-refractivity contribution in [2.24, 2.45) is 7.05 Å². The number of carbonyl (C=O) groups is 2. The summed E-state index contributed by atoms with van der Waals surface area (Å²) in [7, 11) is 1.62. The quantitative estimate of drug-likeness (QED) is 0.585. The topological polar surface area (TPSA) is 90.3 Å². The van der Waals surface area contributed by atoms with Crippen molar-refractivity contribution in [2.75, 3.05) is 6.61 Å². The predicted octanol–water partition coefficient (Wildman–Crippen LogP) is 2.94. The highest BCUT2D eigenvalue weighted by atomic mass is 35.5. The van der Waals surface area contributed by atoms with Crippen LogP contribution >= 0.6 is 11.6 Å². The van der Waals surface area contributed by atoms with Crippen LogP contribution in [0.2, 0.25) is 5.02 Å². The number of carbonyl (C=O) groups excluding carboxylic acids is 2. The number of hydrogen-bond donors (Lipinski definition) is 1. The van der Waals surface area contributed by atoms with E-state index >= 15 is 0 Å². The van der Waals surface area contributed by atoms with Gasteiger partial charge in [-0.3, -0.25) is 19.0 Å². The van der Waals surface area contributed by atoms with E-state index in [1.807, 2.05) is 19.1 Å². The Kier molecular flexibility index (Phi) is 6.84. The number of para-hydroxylation sites is 1. The first-order valence-electron chi connectivity index (χ1n) is 9.50. The lowest BCUT2D eigenvalue weighted by Gasteiger charge is -2.14. The van der Waals surface area contributed by atoms with Crippen molar-refractivity contribution in [2.45, 2.75) is 25.8 Å². The van der Waals surface area contributed by atoms with E-state index in [-0.39, 0.29) is 31.0 Å². The van der Waals surface area contributed by atoms with Crippen molar-refractivity contribution in [3.05, 3.63) is 75.3 Å². The molecule has 7 nitrogen and oxygen atoms in total. The highest BCUT2D eigenvalue weighted by Gasteiger charge is 2.14. The minimum absolute atomic E-state index is 0.0125. The van der Waals surface area contributed by atoms with Crippen LogP contribution in [-0.4, -0.2) is 28.0 Å². The number of aromatic nitrogens is 2. The average Bonchev–Trinajstić information content (AvgIpc) is 2.74. The van der Waals surface area contributed by atoms with Gasteiger partial charge in [0.2, 0.25) is 0 Å². The van der Waals surface area contributed by atoms with Gasteiger partial charge in [-0.25, -0.2) is 4.98 Å². The second-order valence-corrected chi connectivity index (χ2v) is 7.35. The Bertz CT molecular complexity index is 1130. The lowest BCUT2D eigenvalue weighted by Crippen LogP contribution is -2.31. The average molecular weight is 428 g/mol. The molecule has 0 saturated carbocycles. The monoisotopic (exact) mass is 427 g/mol. The van der Waals surface area contributed by atoms with Gasteiger partial charge in [0.15, 0.2) is 6.61 Å². The van der Waals surface area contributed by atoms with E-state index in [9.17, 15) is 14.4 Å². The van der Waals surface area contributed by atoms with Crippen molar-refractivity contribution < 1.29 is 14.3 Å². The Balaban J connectivity index is 1.51. The van der Waals surface area contributed by atoms with Gasteiger partial charge in [0.1, 0.15) is 5.82 Å². The zero-order valence-corrected chi connectivity index (χ0v) is 17.5. The molecule has 0 radical (unpaired) electrons. The van der Waals surface area contributed by atoms with E-state index in [2.05, 4.69) is 10.3 Å². The molecule has 2 aromatic carbocycles. The minimum atomic E-state index is -0.535. The Morgan fingerprint density at radius 1 is 1.17 bits per heavy atom. The molecule has 3 rings (SSSR count). The van der Waals surface area contributed by atoms with Crippen molar-refractivity contribution >= 4 is 34.4 Å². The van der Waals surface area contributed by atoms with E-state index in [1.165, 1.54) is 4.57 Å². The van der Waals surface area contributed by atoms with Crippen molar-refractivity contribution in [1.82, 2.24) is 14.9 Å². The van der Waals surface area contributed by atoms with Gasteiger partial charge in [0, 0.05) is 18.5 Å². The maximum absolute atomic E-state index is 12.4. The third-order valence-corrected chi connectivity index (χ3v) is 4.99. The van der Waals surface area contributed by atoms with Gasteiger partial charge in [0.05, 0.1) is 23.4 Å². The first kappa shape index (κ1) is 21.5. The highest BCUT2D eigenvalue weighted by molar-refractivity contribution is 6.30. The van der Waals surface area contributed by atoms with Crippen LogP contribution in [0.25, 0.3) is 10.9 Å². The molecular weight excluding hydrogens is 406 g/mol. The second-order valence-electron chi connectivity index (χ2n) is 6.91. The molecule has 30 heavy (non-hydrogen) atoms. The van der Waals surface area contributed by atoms with Gasteiger partial charge in [0.25, 0.3) is 11.5 Å². The molecule has 0 spiro atoms. The molecule has 1 N–H and O–H groups in total. The minimum Gasteiger partial charge on any atom is -0.456 e. The fourth-order valence-electron chi connectivity index (χ4n) is 3.04. The molecule has 156 valence electrons. The van der Waals surface area contributed by atoms with E-state index < -0.39 is 11.9 Å². The highest BCUT2D eigenvalue weighted by Crippen LogP contribution is 2.16. The zero-order chi connectivity index (χ0) is 21.7. The molecule has 0 fully saturated rings. The normalized spacial score (nSPS) is 11.8. The third kappa shape index (κ3) is 5.24. The second kappa shape index (κ2) is 9.54. The van der Waals surface area contributed by atoms with Gasteiger partial charge >= 0.3 is 5.97 Å². The van der Waals surface area contributed by atoms with E-state index in [0.29, 0.717) is 21.7 Å². The number of halogens is 1. The lowest BCUT2D eigenvalue weighted by molar-refractivity contribution is -0.148. The summed E-state index contributed by atoms with van der Waals surface area (Å²) in [5, 5.41) is 3.91. The van der Waals surface area contributed by atoms with Crippen LogP contribution in [-0.2, 0) is 27.8 Å². The fourth-order valence-corrected chi connectivity index (χ4v) is 3.16. The van der Waals surface area contributed by atoms with Crippen molar-refractivity contribution in [3.8, 4) is 0 Å². The van der Waals surface area contributed by atoms with Crippen LogP contribution in [0.15, 0.2) is 53.3 Å². The predicted molar refractivity (Wildman–Crippen MR) is 114 cm³/mol. The van der Waals surface area contributed by atoms with E-state index in [0.717, 1.165) is 5.56 Å². The third-order valence-electron chi connectivity index (χ3n) is 4.74. The number of amides is 1. The Morgan fingerprint density at radius 3 is 2.60 bits per heavy atom. The summed E-state index contributed by atoms with van der Waals surface area (Å²) in [5.41, 5.74) is 1.31. The molecule has 1 unspecified atom stereocenters. The molecule has 0 aliphatic heterocycles. The first-order valence-corrected chi connectivity index (χ1v) is 9.88.